The van der Waals surface area contributed by atoms with Crippen molar-refractivity contribution in [2.45, 2.75) is 128 Å². The lowest BCUT2D eigenvalue weighted by Gasteiger charge is -2.23. The molecule has 0 bridgehead atoms. The zero-order valence-electron chi connectivity index (χ0n) is 19.4. The first-order valence-electron chi connectivity index (χ1n) is 12.6. The van der Waals surface area contributed by atoms with Crippen LogP contribution in [0.2, 0.25) is 0 Å². The van der Waals surface area contributed by atoms with Crippen molar-refractivity contribution in [3.63, 3.8) is 0 Å². The molecule has 1 saturated heterocycles. The van der Waals surface area contributed by atoms with Crippen molar-refractivity contribution in [3.8, 4) is 0 Å². The van der Waals surface area contributed by atoms with Crippen LogP contribution in [0, 0.1) is 0 Å². The molecule has 5 nitrogen and oxygen atoms in total. The van der Waals surface area contributed by atoms with Crippen LogP contribution >= 0.6 is 0 Å². The molecule has 1 aliphatic heterocycles. The standard InChI is InChI=1S/C25H48O5/c1-2-3-4-5-6-7-8-9-10-11-12-13-14-15-16-17-18-19-29-25-23(28)21-30-24(25)22(27)20-26/h11-12,22-28H,2-10,13-21H2,1H3/b12-11+/t22-,23+,24-,25-/m0/s1. The van der Waals surface area contributed by atoms with Gasteiger partial charge in [-0.15, -0.1) is 0 Å². The number of aliphatic hydroxyl groups excluding tert-OH is 3. The number of ether oxygens (including phenoxy) is 2. The normalized spacial score (nSPS) is 22.9. The fourth-order valence-corrected chi connectivity index (χ4v) is 4.00. The molecular weight excluding hydrogens is 380 g/mol. The van der Waals surface area contributed by atoms with Crippen LogP contribution in [0.1, 0.15) is 103 Å². The molecule has 4 atom stereocenters. The maximum Gasteiger partial charge on any atom is 0.114 e. The number of aliphatic hydroxyl groups is 3. The summed E-state index contributed by atoms with van der Waals surface area (Å²) in [6, 6.07) is 0. The molecule has 178 valence electrons. The van der Waals surface area contributed by atoms with Crippen LogP contribution in [-0.4, -0.2) is 59.6 Å². The van der Waals surface area contributed by atoms with E-state index >= 15 is 0 Å². The van der Waals surface area contributed by atoms with E-state index in [0.29, 0.717) is 6.61 Å². The quantitative estimate of drug-likeness (QED) is 0.190. The largest absolute Gasteiger partial charge is 0.394 e. The summed E-state index contributed by atoms with van der Waals surface area (Å²) in [6.07, 6.45) is 21.0. The third-order valence-corrected chi connectivity index (χ3v) is 5.95. The van der Waals surface area contributed by atoms with Crippen molar-refractivity contribution in [2.75, 3.05) is 19.8 Å². The number of allylic oxidation sites excluding steroid dienone is 2. The maximum absolute atomic E-state index is 9.90. The summed E-state index contributed by atoms with van der Waals surface area (Å²) in [6.45, 7) is 2.59. The monoisotopic (exact) mass is 428 g/mol. The van der Waals surface area contributed by atoms with Crippen molar-refractivity contribution in [1.29, 1.82) is 0 Å². The number of rotatable bonds is 20. The SMILES string of the molecule is CCCCCCCCCC/C=C/CCCCCCCO[C@@H]1[C@H]([C@@H](O)CO)OC[C@H]1O. The fraction of sp³-hybridized carbons (Fsp3) is 0.920. The molecule has 1 heterocycles. The van der Waals surface area contributed by atoms with Gasteiger partial charge >= 0.3 is 0 Å². The number of hydrogen-bond acceptors (Lipinski definition) is 5. The molecule has 0 spiro atoms. The van der Waals surface area contributed by atoms with Crippen molar-refractivity contribution < 1.29 is 24.8 Å². The topological polar surface area (TPSA) is 79.2 Å². The second kappa shape index (κ2) is 19.2. The highest BCUT2D eigenvalue weighted by molar-refractivity contribution is 4.89. The Morgan fingerprint density at radius 1 is 0.867 bits per heavy atom. The Balaban J connectivity index is 1.86. The molecule has 1 fully saturated rings. The van der Waals surface area contributed by atoms with Crippen LogP contribution < -0.4 is 0 Å². The Morgan fingerprint density at radius 2 is 1.40 bits per heavy atom. The van der Waals surface area contributed by atoms with E-state index in [1.807, 2.05) is 0 Å². The first kappa shape index (κ1) is 27.6. The lowest BCUT2D eigenvalue weighted by Crippen LogP contribution is -2.42. The zero-order valence-corrected chi connectivity index (χ0v) is 19.4. The number of unbranched alkanes of at least 4 members (excludes halogenated alkanes) is 13. The minimum absolute atomic E-state index is 0.152. The molecule has 5 heteroatoms. The molecule has 0 unspecified atom stereocenters. The highest BCUT2D eigenvalue weighted by atomic mass is 16.6. The van der Waals surface area contributed by atoms with Crippen LogP contribution in [0.4, 0.5) is 0 Å². The van der Waals surface area contributed by atoms with E-state index in [1.165, 1.54) is 83.5 Å². The van der Waals surface area contributed by atoms with Gasteiger partial charge in [0.05, 0.1) is 13.2 Å². The van der Waals surface area contributed by atoms with Gasteiger partial charge in [0, 0.05) is 6.61 Å². The van der Waals surface area contributed by atoms with E-state index in [9.17, 15) is 10.2 Å². The van der Waals surface area contributed by atoms with E-state index in [1.54, 1.807) is 0 Å². The Bertz CT molecular complexity index is 401. The molecule has 0 aromatic carbocycles. The van der Waals surface area contributed by atoms with Gasteiger partial charge in [0.15, 0.2) is 0 Å². The minimum Gasteiger partial charge on any atom is -0.394 e. The molecule has 0 radical (unpaired) electrons. The third-order valence-electron chi connectivity index (χ3n) is 5.95. The van der Waals surface area contributed by atoms with Crippen molar-refractivity contribution in [1.82, 2.24) is 0 Å². The molecule has 1 rings (SSSR count). The van der Waals surface area contributed by atoms with Crippen molar-refractivity contribution in [2.24, 2.45) is 0 Å². The van der Waals surface area contributed by atoms with Crippen LogP contribution in [0.3, 0.4) is 0 Å². The zero-order chi connectivity index (χ0) is 21.9. The first-order chi connectivity index (χ1) is 14.7. The van der Waals surface area contributed by atoms with E-state index in [0.717, 1.165) is 12.8 Å². The van der Waals surface area contributed by atoms with Crippen molar-refractivity contribution in [3.05, 3.63) is 12.2 Å². The van der Waals surface area contributed by atoms with Crippen molar-refractivity contribution >= 4 is 0 Å². The Hall–Kier alpha value is -0.460. The summed E-state index contributed by atoms with van der Waals surface area (Å²) in [5.41, 5.74) is 0. The predicted octanol–water partition coefficient (Wildman–Crippen LogP) is 4.91. The molecule has 0 aromatic heterocycles. The summed E-state index contributed by atoms with van der Waals surface area (Å²) in [5, 5.41) is 28.7. The van der Waals surface area contributed by atoms with Gasteiger partial charge in [-0.1, -0.05) is 83.3 Å². The molecule has 3 N–H and O–H groups in total. The van der Waals surface area contributed by atoms with Gasteiger partial charge in [0.1, 0.15) is 24.4 Å². The third kappa shape index (κ3) is 13.1. The molecule has 0 amide bonds. The minimum atomic E-state index is -1.00. The van der Waals surface area contributed by atoms with E-state index in [4.69, 9.17) is 14.6 Å². The van der Waals surface area contributed by atoms with Gasteiger partial charge in [0.25, 0.3) is 0 Å². The van der Waals surface area contributed by atoms with Crippen LogP contribution in [-0.2, 0) is 9.47 Å². The van der Waals surface area contributed by atoms with Gasteiger partial charge in [-0.25, -0.2) is 0 Å². The van der Waals surface area contributed by atoms with Gasteiger partial charge in [-0.3, -0.25) is 0 Å². The van der Waals surface area contributed by atoms with Crippen LogP contribution in [0.15, 0.2) is 12.2 Å². The van der Waals surface area contributed by atoms with Crippen LogP contribution in [0.25, 0.3) is 0 Å². The lowest BCUT2D eigenvalue weighted by molar-refractivity contribution is -0.0938. The average molecular weight is 429 g/mol. The summed E-state index contributed by atoms with van der Waals surface area (Å²) in [5.74, 6) is 0. The molecule has 0 saturated carbocycles. The van der Waals surface area contributed by atoms with E-state index < -0.39 is 24.4 Å². The van der Waals surface area contributed by atoms with Gasteiger partial charge < -0.3 is 24.8 Å². The van der Waals surface area contributed by atoms with E-state index in [2.05, 4.69) is 19.1 Å². The summed E-state index contributed by atoms with van der Waals surface area (Å²) in [4.78, 5) is 0. The van der Waals surface area contributed by atoms with Gasteiger partial charge in [0.2, 0.25) is 0 Å². The smallest absolute Gasteiger partial charge is 0.114 e. The Morgan fingerprint density at radius 3 is 1.97 bits per heavy atom. The fourth-order valence-electron chi connectivity index (χ4n) is 4.00. The van der Waals surface area contributed by atoms with E-state index in [-0.39, 0.29) is 13.2 Å². The summed E-state index contributed by atoms with van der Waals surface area (Å²) >= 11 is 0. The predicted molar refractivity (Wildman–Crippen MR) is 123 cm³/mol. The molecule has 1 aliphatic rings. The average Bonchev–Trinajstić information content (AvgIpc) is 3.12. The lowest BCUT2D eigenvalue weighted by atomic mass is 10.1. The Labute approximate surface area is 184 Å². The summed E-state index contributed by atoms with van der Waals surface area (Å²) in [7, 11) is 0. The van der Waals surface area contributed by atoms with Gasteiger partial charge in [-0.05, 0) is 32.1 Å². The summed E-state index contributed by atoms with van der Waals surface area (Å²) < 4.78 is 11.0. The second-order valence-electron chi connectivity index (χ2n) is 8.74. The van der Waals surface area contributed by atoms with Crippen LogP contribution in [0.5, 0.6) is 0 Å². The molecule has 0 aromatic rings. The first-order valence-corrected chi connectivity index (χ1v) is 12.6. The maximum atomic E-state index is 9.90. The molecule has 0 aliphatic carbocycles. The number of hydrogen-bond donors (Lipinski definition) is 3. The second-order valence-corrected chi connectivity index (χ2v) is 8.74. The highest BCUT2D eigenvalue weighted by Crippen LogP contribution is 2.21. The molecule has 30 heavy (non-hydrogen) atoms. The van der Waals surface area contributed by atoms with Gasteiger partial charge in [-0.2, -0.15) is 0 Å². The Kier molecular flexibility index (Phi) is 17.7. The highest BCUT2D eigenvalue weighted by Gasteiger charge is 2.40. The molecular formula is C25H48O5.